The number of nitrogens with one attached hydrogen (secondary N) is 1. The summed E-state index contributed by atoms with van der Waals surface area (Å²) in [6, 6.07) is 10.0. The first kappa shape index (κ1) is 13.4. The number of hydrogen-bond acceptors (Lipinski definition) is 2. The van der Waals surface area contributed by atoms with Crippen molar-refractivity contribution in [1.29, 1.82) is 0 Å². The van der Waals surface area contributed by atoms with E-state index in [0.717, 1.165) is 25.7 Å². The summed E-state index contributed by atoms with van der Waals surface area (Å²) in [5.41, 5.74) is 3.73. The molecule has 0 atom stereocenters. The quantitative estimate of drug-likeness (QED) is 0.438. The molecule has 0 heterocycles. The van der Waals surface area contributed by atoms with Crippen LogP contribution in [0.5, 0.6) is 0 Å². The second kappa shape index (κ2) is 8.50. The summed E-state index contributed by atoms with van der Waals surface area (Å²) >= 11 is 0. The van der Waals surface area contributed by atoms with Crippen LogP contribution in [-0.4, -0.2) is 12.1 Å². The summed E-state index contributed by atoms with van der Waals surface area (Å²) in [6.07, 6.45) is 6.21. The van der Waals surface area contributed by atoms with Gasteiger partial charge in [0.05, 0.1) is 0 Å². The minimum Gasteiger partial charge on any atom is -0.273 e. The highest BCUT2D eigenvalue weighted by atomic mass is 16.2. The summed E-state index contributed by atoms with van der Waals surface area (Å²) < 4.78 is 0. The van der Waals surface area contributed by atoms with E-state index in [1.807, 2.05) is 30.3 Å². The van der Waals surface area contributed by atoms with E-state index in [1.54, 1.807) is 6.21 Å². The molecule has 0 fully saturated rings. The fourth-order valence-corrected chi connectivity index (χ4v) is 1.47. The number of rotatable bonds is 7. The molecular formula is C14H20N2O. The maximum absolute atomic E-state index is 11.3. The van der Waals surface area contributed by atoms with Crippen LogP contribution >= 0.6 is 0 Å². The standard InChI is InChI=1S/C14H20N2O/c1-2-3-5-10-14(17)16-15-12-11-13-8-6-4-7-9-13/h4,6-9,12H,2-3,5,10-11H2,1H3,(H,16,17)/b15-12+. The summed E-state index contributed by atoms with van der Waals surface area (Å²) in [5.74, 6) is 0.00256. The minimum absolute atomic E-state index is 0.00256. The van der Waals surface area contributed by atoms with Gasteiger partial charge >= 0.3 is 0 Å². The highest BCUT2D eigenvalue weighted by Gasteiger charge is 1.97. The van der Waals surface area contributed by atoms with Crippen LogP contribution in [-0.2, 0) is 11.2 Å². The lowest BCUT2D eigenvalue weighted by atomic mass is 10.2. The molecule has 1 rings (SSSR count). The highest BCUT2D eigenvalue weighted by Crippen LogP contribution is 1.99. The van der Waals surface area contributed by atoms with Crippen LogP contribution in [0.4, 0.5) is 0 Å². The monoisotopic (exact) mass is 232 g/mol. The lowest BCUT2D eigenvalue weighted by Crippen LogP contribution is -2.16. The molecule has 0 saturated heterocycles. The molecule has 0 aromatic heterocycles. The lowest BCUT2D eigenvalue weighted by molar-refractivity contribution is -0.121. The molecule has 0 saturated carbocycles. The molecule has 1 aromatic carbocycles. The fourth-order valence-electron chi connectivity index (χ4n) is 1.47. The second-order valence-corrected chi connectivity index (χ2v) is 3.99. The molecule has 0 aliphatic rings. The molecule has 1 amide bonds. The van der Waals surface area contributed by atoms with Crippen molar-refractivity contribution in [3.63, 3.8) is 0 Å². The fraction of sp³-hybridized carbons (Fsp3) is 0.429. The van der Waals surface area contributed by atoms with Gasteiger partial charge in [0.15, 0.2) is 0 Å². The number of amides is 1. The SMILES string of the molecule is CCCCCC(=O)N/N=C/Cc1ccccc1. The average molecular weight is 232 g/mol. The Labute approximate surface area is 103 Å². The molecule has 0 bridgehead atoms. The molecule has 0 unspecified atom stereocenters. The van der Waals surface area contributed by atoms with Gasteiger partial charge in [0.2, 0.25) is 5.91 Å². The van der Waals surface area contributed by atoms with Crippen molar-refractivity contribution >= 4 is 12.1 Å². The Bertz CT molecular complexity index is 346. The van der Waals surface area contributed by atoms with E-state index in [2.05, 4.69) is 17.5 Å². The number of benzene rings is 1. The molecule has 0 radical (unpaired) electrons. The Hall–Kier alpha value is -1.64. The predicted octanol–water partition coefficient (Wildman–Crippen LogP) is 2.91. The van der Waals surface area contributed by atoms with E-state index >= 15 is 0 Å². The molecule has 3 nitrogen and oxygen atoms in total. The third-order valence-electron chi connectivity index (χ3n) is 2.46. The second-order valence-electron chi connectivity index (χ2n) is 3.99. The van der Waals surface area contributed by atoms with Gasteiger partial charge in [0.25, 0.3) is 0 Å². The Morgan fingerprint density at radius 2 is 2.06 bits per heavy atom. The average Bonchev–Trinajstić information content (AvgIpc) is 2.36. The molecule has 0 spiro atoms. The van der Waals surface area contributed by atoms with E-state index in [4.69, 9.17) is 0 Å². The predicted molar refractivity (Wildman–Crippen MR) is 70.9 cm³/mol. The Morgan fingerprint density at radius 3 is 2.76 bits per heavy atom. The van der Waals surface area contributed by atoms with Crippen LogP contribution < -0.4 is 5.43 Å². The van der Waals surface area contributed by atoms with Crippen LogP contribution in [0.1, 0.15) is 38.2 Å². The van der Waals surface area contributed by atoms with Crippen molar-refractivity contribution in [2.24, 2.45) is 5.10 Å². The van der Waals surface area contributed by atoms with Crippen LogP contribution in [0.15, 0.2) is 35.4 Å². The van der Waals surface area contributed by atoms with Gasteiger partial charge in [-0.05, 0) is 12.0 Å². The number of carbonyl (C=O) groups excluding carboxylic acids is 1. The Balaban J connectivity index is 2.15. The summed E-state index contributed by atoms with van der Waals surface area (Å²) in [6.45, 7) is 2.12. The van der Waals surface area contributed by atoms with Gasteiger partial charge in [-0.15, -0.1) is 0 Å². The Kier molecular flexibility index (Phi) is 6.72. The molecule has 3 heteroatoms. The van der Waals surface area contributed by atoms with Crippen molar-refractivity contribution in [3.05, 3.63) is 35.9 Å². The number of unbranched alkanes of at least 4 members (excludes halogenated alkanes) is 2. The summed E-state index contributed by atoms with van der Waals surface area (Å²) in [5, 5.41) is 3.92. The largest absolute Gasteiger partial charge is 0.273 e. The maximum atomic E-state index is 11.3. The molecule has 0 aliphatic heterocycles. The first-order valence-electron chi connectivity index (χ1n) is 6.17. The van der Waals surface area contributed by atoms with Crippen molar-refractivity contribution in [1.82, 2.24) is 5.43 Å². The smallest absolute Gasteiger partial charge is 0.240 e. The topological polar surface area (TPSA) is 41.5 Å². The maximum Gasteiger partial charge on any atom is 0.240 e. The van der Waals surface area contributed by atoms with Crippen LogP contribution in [0, 0.1) is 0 Å². The zero-order valence-electron chi connectivity index (χ0n) is 10.4. The van der Waals surface area contributed by atoms with Crippen molar-refractivity contribution < 1.29 is 4.79 Å². The number of hydrogen-bond donors (Lipinski definition) is 1. The van der Waals surface area contributed by atoms with E-state index in [9.17, 15) is 4.79 Å². The first-order valence-corrected chi connectivity index (χ1v) is 6.17. The molecular weight excluding hydrogens is 212 g/mol. The van der Waals surface area contributed by atoms with Gasteiger partial charge in [-0.3, -0.25) is 4.79 Å². The highest BCUT2D eigenvalue weighted by molar-refractivity contribution is 5.76. The van der Waals surface area contributed by atoms with Gasteiger partial charge in [0.1, 0.15) is 0 Å². The zero-order chi connectivity index (χ0) is 12.3. The molecule has 1 N–H and O–H groups in total. The van der Waals surface area contributed by atoms with E-state index in [-0.39, 0.29) is 5.91 Å². The van der Waals surface area contributed by atoms with Gasteiger partial charge in [0, 0.05) is 19.1 Å². The minimum atomic E-state index is 0.00256. The Morgan fingerprint density at radius 1 is 1.29 bits per heavy atom. The normalized spacial score (nSPS) is 10.6. The van der Waals surface area contributed by atoms with Crippen LogP contribution in [0.3, 0.4) is 0 Å². The number of carbonyl (C=O) groups is 1. The van der Waals surface area contributed by atoms with Crippen molar-refractivity contribution in [3.8, 4) is 0 Å². The molecule has 17 heavy (non-hydrogen) atoms. The summed E-state index contributed by atoms with van der Waals surface area (Å²) in [7, 11) is 0. The van der Waals surface area contributed by atoms with Gasteiger partial charge in [-0.25, -0.2) is 5.43 Å². The molecule has 92 valence electrons. The van der Waals surface area contributed by atoms with Crippen LogP contribution in [0.25, 0.3) is 0 Å². The van der Waals surface area contributed by atoms with Gasteiger partial charge in [-0.1, -0.05) is 50.1 Å². The molecule has 0 aliphatic carbocycles. The van der Waals surface area contributed by atoms with Crippen molar-refractivity contribution in [2.75, 3.05) is 0 Å². The number of hydrazone groups is 1. The van der Waals surface area contributed by atoms with Crippen LogP contribution in [0.2, 0.25) is 0 Å². The molecule has 1 aromatic rings. The number of nitrogens with zero attached hydrogens (tertiary/aromatic N) is 1. The third kappa shape index (κ3) is 6.51. The van der Waals surface area contributed by atoms with Crippen molar-refractivity contribution in [2.45, 2.75) is 39.0 Å². The first-order chi connectivity index (χ1) is 8.33. The van der Waals surface area contributed by atoms with Gasteiger partial charge in [-0.2, -0.15) is 5.10 Å². The van der Waals surface area contributed by atoms with E-state index in [1.165, 1.54) is 5.56 Å². The lowest BCUT2D eigenvalue weighted by Gasteiger charge is -1.98. The van der Waals surface area contributed by atoms with E-state index in [0.29, 0.717) is 6.42 Å². The third-order valence-corrected chi connectivity index (χ3v) is 2.46. The van der Waals surface area contributed by atoms with Gasteiger partial charge < -0.3 is 0 Å². The van der Waals surface area contributed by atoms with E-state index < -0.39 is 0 Å². The zero-order valence-corrected chi connectivity index (χ0v) is 10.4. The summed E-state index contributed by atoms with van der Waals surface area (Å²) in [4.78, 5) is 11.3.